The van der Waals surface area contributed by atoms with E-state index in [1.165, 1.54) is 19.2 Å². The van der Waals surface area contributed by atoms with Gasteiger partial charge in [0.15, 0.2) is 0 Å². The summed E-state index contributed by atoms with van der Waals surface area (Å²) in [7, 11) is -2.85. The van der Waals surface area contributed by atoms with Crippen molar-refractivity contribution in [1.29, 1.82) is 0 Å². The monoisotopic (exact) mass is 384 g/mol. The van der Waals surface area contributed by atoms with Crippen molar-refractivity contribution in [2.45, 2.75) is 5.66 Å². The number of carbonyl (C=O) groups is 1. The lowest BCUT2D eigenvalue weighted by atomic mass is 10.2. The number of thiophene rings is 1. The second kappa shape index (κ2) is 5.52. The van der Waals surface area contributed by atoms with E-state index in [1.54, 1.807) is 0 Å². The maximum atomic E-state index is 13.7. The Labute approximate surface area is 125 Å². The fourth-order valence-electron chi connectivity index (χ4n) is 1.62. The molecule has 0 aliphatic rings. The molecule has 0 spiro atoms. The first-order chi connectivity index (χ1) is 9.27. The number of benzene rings is 1. The summed E-state index contributed by atoms with van der Waals surface area (Å²) in [4.78, 5) is 20.4. The van der Waals surface area contributed by atoms with Crippen molar-refractivity contribution in [1.82, 2.24) is 0 Å². The average molecular weight is 385 g/mol. The fourth-order valence-corrected chi connectivity index (χ4v) is 3.85. The van der Waals surface area contributed by atoms with Crippen LogP contribution in [0.3, 0.4) is 0 Å². The molecule has 1 aromatic heterocycles. The van der Waals surface area contributed by atoms with Crippen LogP contribution >= 0.6 is 35.3 Å². The zero-order chi connectivity index (χ0) is 15.1. The number of methoxy groups -OCH3 is 1. The van der Waals surface area contributed by atoms with Crippen LogP contribution in [0.2, 0.25) is 0 Å². The van der Waals surface area contributed by atoms with Crippen LogP contribution in [0.5, 0.6) is 0 Å². The predicted octanol–water partition coefficient (Wildman–Crippen LogP) is 3.97. The Hall–Kier alpha value is -0.820. The minimum Gasteiger partial charge on any atom is -0.465 e. The number of alkyl halides is 2. The molecule has 0 saturated heterocycles. The highest BCUT2D eigenvalue weighted by molar-refractivity contribution is 9.10. The summed E-state index contributed by atoms with van der Waals surface area (Å²) >= 11 is 3.94. The van der Waals surface area contributed by atoms with Crippen LogP contribution in [0.4, 0.5) is 8.78 Å². The molecular formula is C11H8BrF2O4PS. The van der Waals surface area contributed by atoms with E-state index in [0.29, 0.717) is 10.1 Å². The first-order valence-corrected chi connectivity index (χ1v) is 8.17. The molecule has 108 valence electrons. The van der Waals surface area contributed by atoms with Gasteiger partial charge in [-0.3, -0.25) is 4.57 Å². The van der Waals surface area contributed by atoms with Crippen molar-refractivity contribution < 1.29 is 27.8 Å². The number of hydrogen-bond acceptors (Lipinski definition) is 4. The van der Waals surface area contributed by atoms with Gasteiger partial charge < -0.3 is 9.63 Å². The zero-order valence-electron chi connectivity index (χ0n) is 9.95. The van der Waals surface area contributed by atoms with Crippen LogP contribution in [0.25, 0.3) is 10.1 Å². The molecule has 9 heteroatoms. The molecule has 1 atom stereocenters. The van der Waals surface area contributed by atoms with E-state index in [-0.39, 0.29) is 9.35 Å². The van der Waals surface area contributed by atoms with Gasteiger partial charge >= 0.3 is 11.6 Å². The third-order valence-electron chi connectivity index (χ3n) is 2.60. The summed E-state index contributed by atoms with van der Waals surface area (Å²) in [6.07, 6.45) is 0. The quantitative estimate of drug-likeness (QED) is 0.642. The molecule has 0 amide bonds. The van der Waals surface area contributed by atoms with Crippen molar-refractivity contribution >= 4 is 51.4 Å². The molecule has 1 aromatic carbocycles. The van der Waals surface area contributed by atoms with Crippen LogP contribution < -0.4 is 0 Å². The molecule has 0 fully saturated rings. The maximum Gasteiger partial charge on any atom is 0.348 e. The van der Waals surface area contributed by atoms with Crippen LogP contribution in [0.15, 0.2) is 22.7 Å². The highest BCUT2D eigenvalue weighted by atomic mass is 79.9. The third kappa shape index (κ3) is 2.65. The SMILES string of the molecule is COC(=O)c1cc2cc(Br)c(C(F)(F)[PH](=O)O)cc2s1. The number of rotatable bonds is 3. The Kier molecular flexibility index (Phi) is 4.30. The summed E-state index contributed by atoms with van der Waals surface area (Å²) in [6, 6.07) is 4.00. The largest absolute Gasteiger partial charge is 0.465 e. The van der Waals surface area contributed by atoms with E-state index in [4.69, 9.17) is 4.89 Å². The fraction of sp³-hybridized carbons (Fsp3) is 0.182. The van der Waals surface area contributed by atoms with E-state index < -0.39 is 25.2 Å². The molecule has 1 N–H and O–H groups in total. The molecule has 4 nitrogen and oxygen atoms in total. The molecule has 0 bridgehead atoms. The van der Waals surface area contributed by atoms with Gasteiger partial charge in [0.2, 0.25) is 0 Å². The Morgan fingerprint density at radius 2 is 2.10 bits per heavy atom. The number of carbonyl (C=O) groups excluding carboxylic acids is 1. The first kappa shape index (κ1) is 15.6. The Morgan fingerprint density at radius 1 is 1.45 bits per heavy atom. The van der Waals surface area contributed by atoms with Crippen molar-refractivity contribution in [3.05, 3.63) is 33.1 Å². The van der Waals surface area contributed by atoms with Gasteiger partial charge in [0.1, 0.15) is 4.88 Å². The van der Waals surface area contributed by atoms with E-state index in [2.05, 4.69) is 20.7 Å². The topological polar surface area (TPSA) is 63.6 Å². The molecule has 0 radical (unpaired) electrons. The van der Waals surface area contributed by atoms with E-state index in [1.807, 2.05) is 0 Å². The number of ether oxygens (including phenoxy) is 1. The first-order valence-electron chi connectivity index (χ1n) is 5.20. The highest BCUT2D eigenvalue weighted by Gasteiger charge is 2.40. The number of esters is 1. The molecule has 0 aliphatic heterocycles. The number of hydrogen-bond donors (Lipinski definition) is 1. The Bertz CT molecular complexity index is 716. The average Bonchev–Trinajstić information content (AvgIpc) is 2.79. The van der Waals surface area contributed by atoms with Crippen LogP contribution in [0.1, 0.15) is 15.2 Å². The van der Waals surface area contributed by atoms with E-state index in [0.717, 1.165) is 17.4 Å². The van der Waals surface area contributed by atoms with E-state index >= 15 is 0 Å². The number of halogens is 3. The second-order valence-electron chi connectivity index (χ2n) is 3.85. The van der Waals surface area contributed by atoms with E-state index in [9.17, 15) is 18.1 Å². The van der Waals surface area contributed by atoms with Crippen LogP contribution in [0, 0.1) is 0 Å². The number of fused-ring (bicyclic) bond motifs is 1. The van der Waals surface area contributed by atoms with Gasteiger partial charge in [0, 0.05) is 14.7 Å². The molecule has 1 unspecified atom stereocenters. The van der Waals surface area contributed by atoms with Crippen molar-refractivity contribution in [3.8, 4) is 0 Å². The second-order valence-corrected chi connectivity index (χ2v) is 7.03. The third-order valence-corrected chi connectivity index (χ3v) is 5.14. The smallest absolute Gasteiger partial charge is 0.348 e. The lowest BCUT2D eigenvalue weighted by Gasteiger charge is -2.14. The van der Waals surface area contributed by atoms with Gasteiger partial charge in [-0.15, -0.1) is 11.3 Å². The van der Waals surface area contributed by atoms with Crippen molar-refractivity contribution in [3.63, 3.8) is 0 Å². The summed E-state index contributed by atoms with van der Waals surface area (Å²) in [5, 5.41) is 0.569. The molecule has 0 saturated carbocycles. The summed E-state index contributed by atoms with van der Waals surface area (Å²) in [5.41, 5.74) is -4.40. The zero-order valence-corrected chi connectivity index (χ0v) is 13.3. The van der Waals surface area contributed by atoms with Crippen molar-refractivity contribution in [2.24, 2.45) is 0 Å². The predicted molar refractivity (Wildman–Crippen MR) is 76.0 cm³/mol. The van der Waals surface area contributed by atoms with Crippen LogP contribution in [-0.2, 0) is 15.0 Å². The standard InChI is InChI=1S/C11H8BrF2O4PS/c1-18-10(15)9-3-5-2-7(12)6(4-8(5)20-9)11(13,14)19(16)17/h2-4,19H,1H3,(H,16,17). The Morgan fingerprint density at radius 3 is 2.65 bits per heavy atom. The van der Waals surface area contributed by atoms with Gasteiger partial charge in [-0.25, -0.2) is 4.79 Å². The minimum absolute atomic E-state index is 0.0108. The van der Waals surface area contributed by atoms with Gasteiger partial charge in [-0.2, -0.15) is 8.78 Å². The molecule has 2 rings (SSSR count). The minimum atomic E-state index is -4.07. The van der Waals surface area contributed by atoms with Gasteiger partial charge in [-0.1, -0.05) is 15.9 Å². The summed E-state index contributed by atoms with van der Waals surface area (Å²) in [5.74, 6) is -0.564. The van der Waals surface area contributed by atoms with Crippen LogP contribution in [-0.4, -0.2) is 18.0 Å². The Balaban J connectivity index is 2.63. The maximum absolute atomic E-state index is 13.7. The van der Waals surface area contributed by atoms with Crippen molar-refractivity contribution in [2.75, 3.05) is 7.11 Å². The summed E-state index contributed by atoms with van der Waals surface area (Å²) in [6.45, 7) is 0. The lowest BCUT2D eigenvalue weighted by Crippen LogP contribution is -2.08. The molecule has 1 heterocycles. The molecule has 20 heavy (non-hydrogen) atoms. The van der Waals surface area contributed by atoms with Gasteiger partial charge in [0.05, 0.1) is 7.11 Å². The normalized spacial score (nSPS) is 13.4. The lowest BCUT2D eigenvalue weighted by molar-refractivity contribution is 0.0606. The highest BCUT2D eigenvalue weighted by Crippen LogP contribution is 2.50. The molecule has 0 aliphatic carbocycles. The molecular weight excluding hydrogens is 377 g/mol. The van der Waals surface area contributed by atoms with Gasteiger partial charge in [-0.05, 0) is 23.6 Å². The molecule has 2 aromatic rings. The summed E-state index contributed by atoms with van der Waals surface area (Å²) < 4.78 is 43.1. The van der Waals surface area contributed by atoms with Gasteiger partial charge in [0.25, 0.3) is 8.03 Å².